The fraction of sp³-hybridized carbons (Fsp3) is 0.857. The van der Waals surface area contributed by atoms with Gasteiger partial charge in [0.25, 0.3) is 0 Å². The first-order chi connectivity index (χ1) is 5.11. The largest absolute Gasteiger partial charge is 0.481 e. The van der Waals surface area contributed by atoms with E-state index in [-0.39, 0.29) is 24.5 Å². The van der Waals surface area contributed by atoms with Crippen LogP contribution in [0.5, 0.6) is 0 Å². The van der Waals surface area contributed by atoms with Crippen molar-refractivity contribution in [2.75, 3.05) is 6.61 Å². The minimum Gasteiger partial charge on any atom is -0.481 e. The number of carbonyl (C=O) groups is 1. The van der Waals surface area contributed by atoms with Crippen LogP contribution in [-0.4, -0.2) is 29.8 Å². The summed E-state index contributed by atoms with van der Waals surface area (Å²) >= 11 is 0. The molecule has 0 aromatic rings. The van der Waals surface area contributed by atoms with Crippen molar-refractivity contribution in [2.45, 2.75) is 25.5 Å². The minimum absolute atomic E-state index is 0.0194. The van der Waals surface area contributed by atoms with E-state index in [1.54, 1.807) is 0 Å². The molecular formula is C7H13NO3. The van der Waals surface area contributed by atoms with Crippen molar-refractivity contribution in [3.63, 3.8) is 0 Å². The average Bonchev–Trinajstić information content (AvgIpc) is 2.18. The van der Waals surface area contributed by atoms with Crippen LogP contribution in [0.2, 0.25) is 0 Å². The van der Waals surface area contributed by atoms with Gasteiger partial charge in [0.05, 0.1) is 19.1 Å². The van der Waals surface area contributed by atoms with Gasteiger partial charge in [-0.3, -0.25) is 4.79 Å². The van der Waals surface area contributed by atoms with Gasteiger partial charge in [-0.05, 0) is 5.92 Å². The van der Waals surface area contributed by atoms with Crippen LogP contribution in [0, 0.1) is 5.92 Å². The van der Waals surface area contributed by atoms with Crippen molar-refractivity contribution in [1.82, 2.24) is 0 Å². The third kappa shape index (κ3) is 1.91. The summed E-state index contributed by atoms with van der Waals surface area (Å²) in [6.07, 6.45) is -0.270. The van der Waals surface area contributed by atoms with E-state index < -0.39 is 5.97 Å². The highest BCUT2D eigenvalue weighted by atomic mass is 16.5. The molecule has 0 bridgehead atoms. The summed E-state index contributed by atoms with van der Waals surface area (Å²) in [5.41, 5.74) is 5.68. The first kappa shape index (κ1) is 8.49. The molecule has 1 aliphatic heterocycles. The Morgan fingerprint density at radius 3 is 2.82 bits per heavy atom. The van der Waals surface area contributed by atoms with Crippen LogP contribution in [0.4, 0.5) is 0 Å². The lowest BCUT2D eigenvalue weighted by atomic mass is 10.0. The van der Waals surface area contributed by atoms with Crippen LogP contribution < -0.4 is 5.73 Å². The van der Waals surface area contributed by atoms with Gasteiger partial charge < -0.3 is 15.6 Å². The lowest BCUT2D eigenvalue weighted by Crippen LogP contribution is -2.35. The molecule has 0 aromatic carbocycles. The molecule has 1 rings (SSSR count). The summed E-state index contributed by atoms with van der Waals surface area (Å²) in [7, 11) is 0. The van der Waals surface area contributed by atoms with E-state index in [4.69, 9.17) is 15.6 Å². The Morgan fingerprint density at radius 1 is 1.82 bits per heavy atom. The number of hydrogen-bond acceptors (Lipinski definition) is 3. The Hall–Kier alpha value is -0.610. The Bertz CT molecular complexity index is 160. The Labute approximate surface area is 65.3 Å². The summed E-state index contributed by atoms with van der Waals surface area (Å²) in [5.74, 6) is -0.570. The van der Waals surface area contributed by atoms with Gasteiger partial charge in [-0.2, -0.15) is 0 Å². The SMILES string of the molecule is C[C@H]1CO[C@H](CC(=O)O)[C@@H]1N. The smallest absolute Gasteiger partial charge is 0.306 e. The molecule has 1 aliphatic rings. The Balaban J connectivity index is 2.42. The third-order valence-electron chi connectivity index (χ3n) is 2.04. The number of carboxylic acids is 1. The van der Waals surface area contributed by atoms with Gasteiger partial charge in [-0.1, -0.05) is 6.92 Å². The Kier molecular flexibility index (Phi) is 2.46. The van der Waals surface area contributed by atoms with Gasteiger partial charge in [0, 0.05) is 6.04 Å². The molecule has 64 valence electrons. The molecule has 0 spiro atoms. The maximum atomic E-state index is 10.3. The molecule has 3 atom stereocenters. The number of aliphatic carboxylic acids is 1. The van der Waals surface area contributed by atoms with Gasteiger partial charge >= 0.3 is 5.97 Å². The monoisotopic (exact) mass is 159 g/mol. The molecule has 0 saturated carbocycles. The quantitative estimate of drug-likeness (QED) is 0.586. The topological polar surface area (TPSA) is 72.5 Å². The standard InChI is InChI=1S/C7H13NO3/c1-4-3-11-5(7(4)8)2-6(9)10/h4-5,7H,2-3,8H2,1H3,(H,9,10)/t4-,5+,7+/m0/s1. The highest BCUT2D eigenvalue weighted by Gasteiger charge is 2.32. The summed E-state index contributed by atoms with van der Waals surface area (Å²) in [6, 6.07) is -0.119. The van der Waals surface area contributed by atoms with Crippen LogP contribution in [0.3, 0.4) is 0 Å². The van der Waals surface area contributed by atoms with Crippen LogP contribution in [0.15, 0.2) is 0 Å². The van der Waals surface area contributed by atoms with Gasteiger partial charge in [0.2, 0.25) is 0 Å². The molecule has 0 amide bonds. The number of carboxylic acid groups (broad SMARTS) is 1. The van der Waals surface area contributed by atoms with E-state index in [0.29, 0.717) is 6.61 Å². The molecule has 1 fully saturated rings. The van der Waals surface area contributed by atoms with Gasteiger partial charge in [0.15, 0.2) is 0 Å². The highest BCUT2D eigenvalue weighted by Crippen LogP contribution is 2.19. The molecule has 0 aromatic heterocycles. The van der Waals surface area contributed by atoms with E-state index >= 15 is 0 Å². The lowest BCUT2D eigenvalue weighted by molar-refractivity contribution is -0.139. The molecule has 11 heavy (non-hydrogen) atoms. The third-order valence-corrected chi connectivity index (χ3v) is 2.04. The second-order valence-electron chi connectivity index (χ2n) is 3.02. The highest BCUT2D eigenvalue weighted by molar-refractivity contribution is 5.67. The van der Waals surface area contributed by atoms with Crippen molar-refractivity contribution < 1.29 is 14.6 Å². The zero-order chi connectivity index (χ0) is 8.43. The molecular weight excluding hydrogens is 146 g/mol. The fourth-order valence-electron chi connectivity index (χ4n) is 1.23. The molecule has 1 saturated heterocycles. The van der Waals surface area contributed by atoms with Crippen molar-refractivity contribution >= 4 is 5.97 Å². The van der Waals surface area contributed by atoms with Crippen molar-refractivity contribution in [1.29, 1.82) is 0 Å². The second-order valence-corrected chi connectivity index (χ2v) is 3.02. The van der Waals surface area contributed by atoms with Crippen LogP contribution in [-0.2, 0) is 9.53 Å². The summed E-state index contributed by atoms with van der Waals surface area (Å²) in [4.78, 5) is 10.3. The first-order valence-electron chi connectivity index (χ1n) is 3.70. The molecule has 3 N–H and O–H groups in total. The lowest BCUT2D eigenvalue weighted by Gasteiger charge is -2.13. The maximum absolute atomic E-state index is 10.3. The Morgan fingerprint density at radius 2 is 2.45 bits per heavy atom. The number of nitrogens with two attached hydrogens (primary N) is 1. The molecule has 0 unspecified atom stereocenters. The van der Waals surface area contributed by atoms with E-state index in [9.17, 15) is 4.79 Å². The van der Waals surface area contributed by atoms with E-state index in [0.717, 1.165) is 0 Å². The van der Waals surface area contributed by atoms with E-state index in [1.165, 1.54) is 0 Å². The van der Waals surface area contributed by atoms with Gasteiger partial charge in [0.1, 0.15) is 0 Å². The zero-order valence-electron chi connectivity index (χ0n) is 6.49. The molecule has 0 radical (unpaired) electrons. The predicted octanol–water partition coefficient (Wildman–Crippen LogP) is -0.177. The van der Waals surface area contributed by atoms with Gasteiger partial charge in [-0.25, -0.2) is 0 Å². The van der Waals surface area contributed by atoms with E-state index in [2.05, 4.69) is 0 Å². The summed E-state index contributed by atoms with van der Waals surface area (Å²) < 4.78 is 5.18. The van der Waals surface area contributed by atoms with Crippen molar-refractivity contribution in [2.24, 2.45) is 11.7 Å². The predicted molar refractivity (Wildman–Crippen MR) is 39.1 cm³/mol. The van der Waals surface area contributed by atoms with Crippen molar-refractivity contribution in [3.8, 4) is 0 Å². The first-order valence-corrected chi connectivity index (χ1v) is 3.70. The number of hydrogen-bond donors (Lipinski definition) is 2. The molecule has 4 heteroatoms. The summed E-state index contributed by atoms with van der Waals surface area (Å²) in [5, 5.41) is 8.44. The molecule has 4 nitrogen and oxygen atoms in total. The number of rotatable bonds is 2. The average molecular weight is 159 g/mol. The zero-order valence-corrected chi connectivity index (χ0v) is 6.49. The molecule has 0 aliphatic carbocycles. The van der Waals surface area contributed by atoms with Gasteiger partial charge in [-0.15, -0.1) is 0 Å². The van der Waals surface area contributed by atoms with E-state index in [1.807, 2.05) is 6.92 Å². The van der Waals surface area contributed by atoms with Crippen molar-refractivity contribution in [3.05, 3.63) is 0 Å². The number of ether oxygens (including phenoxy) is 1. The maximum Gasteiger partial charge on any atom is 0.306 e. The normalized spacial score (nSPS) is 37.5. The van der Waals surface area contributed by atoms with Crippen LogP contribution in [0.25, 0.3) is 0 Å². The van der Waals surface area contributed by atoms with Crippen LogP contribution >= 0.6 is 0 Å². The fourth-order valence-corrected chi connectivity index (χ4v) is 1.23. The van der Waals surface area contributed by atoms with Crippen LogP contribution in [0.1, 0.15) is 13.3 Å². The second kappa shape index (κ2) is 3.19. The summed E-state index contributed by atoms with van der Waals surface area (Å²) in [6.45, 7) is 2.55. The molecule has 1 heterocycles. The minimum atomic E-state index is -0.848.